The first-order valence-electron chi connectivity index (χ1n) is 8.50. The van der Waals surface area contributed by atoms with Crippen LogP contribution in [0.1, 0.15) is 16.1 Å². The van der Waals surface area contributed by atoms with Crippen molar-refractivity contribution in [2.75, 3.05) is 31.6 Å². The number of carbonyl (C=O) groups excluding carboxylic acids is 1. The van der Waals surface area contributed by atoms with E-state index in [9.17, 15) is 4.79 Å². The summed E-state index contributed by atoms with van der Waals surface area (Å²) in [5.74, 6) is 0.333. The quantitative estimate of drug-likeness (QED) is 0.665. The number of anilines is 2. The third-order valence-corrected chi connectivity index (χ3v) is 4.25. The summed E-state index contributed by atoms with van der Waals surface area (Å²) in [7, 11) is 0. The highest BCUT2D eigenvalue weighted by atomic mass is 16.5. The number of pyridine rings is 1. The third kappa shape index (κ3) is 3.51. The zero-order chi connectivity index (χ0) is 17.9. The number of nitrogens with one attached hydrogen (secondary N) is 3. The highest BCUT2D eigenvalue weighted by Crippen LogP contribution is 2.22. The predicted molar refractivity (Wildman–Crippen MR) is 98.2 cm³/mol. The van der Waals surface area contributed by atoms with Crippen LogP contribution in [0.25, 0.3) is 10.9 Å². The summed E-state index contributed by atoms with van der Waals surface area (Å²) < 4.78 is 5.31. The van der Waals surface area contributed by atoms with Crippen LogP contribution in [0, 0.1) is 6.92 Å². The molecule has 0 spiro atoms. The number of fused-ring (bicyclic) bond motifs is 1. The lowest BCUT2D eigenvalue weighted by atomic mass is 10.2. The molecule has 1 aromatic carbocycles. The summed E-state index contributed by atoms with van der Waals surface area (Å²) in [6, 6.07) is 9.46. The smallest absolute Gasteiger partial charge is 0.269 e. The van der Waals surface area contributed by atoms with Crippen LogP contribution >= 0.6 is 0 Å². The Morgan fingerprint density at radius 3 is 2.92 bits per heavy atom. The highest BCUT2D eigenvalue weighted by Gasteiger charge is 2.18. The number of amides is 1. The van der Waals surface area contributed by atoms with Crippen LogP contribution in [-0.2, 0) is 4.74 Å². The molecule has 0 unspecified atom stereocenters. The van der Waals surface area contributed by atoms with Crippen molar-refractivity contribution in [1.29, 1.82) is 0 Å². The van der Waals surface area contributed by atoms with Gasteiger partial charge < -0.3 is 10.1 Å². The summed E-state index contributed by atoms with van der Waals surface area (Å²) in [5, 5.41) is 13.1. The minimum absolute atomic E-state index is 0.190. The van der Waals surface area contributed by atoms with E-state index in [2.05, 4.69) is 25.9 Å². The van der Waals surface area contributed by atoms with E-state index in [1.165, 1.54) is 0 Å². The second-order valence-electron chi connectivity index (χ2n) is 6.19. The molecule has 134 valence electrons. The molecular formula is C18H20N6O2. The third-order valence-electron chi connectivity index (χ3n) is 4.25. The molecule has 26 heavy (non-hydrogen) atoms. The molecule has 1 aliphatic rings. The van der Waals surface area contributed by atoms with Gasteiger partial charge >= 0.3 is 0 Å². The van der Waals surface area contributed by atoms with Crippen LogP contribution in [0.2, 0.25) is 0 Å². The van der Waals surface area contributed by atoms with Gasteiger partial charge in [-0.15, -0.1) is 0 Å². The maximum atomic E-state index is 12.7. The average molecular weight is 352 g/mol. The topological polar surface area (TPSA) is 95.2 Å². The van der Waals surface area contributed by atoms with Gasteiger partial charge in [0.1, 0.15) is 5.82 Å². The lowest BCUT2D eigenvalue weighted by Crippen LogP contribution is -2.48. The molecular weight excluding hydrogens is 332 g/mol. The minimum atomic E-state index is -0.190. The van der Waals surface area contributed by atoms with Gasteiger partial charge in [0, 0.05) is 29.9 Å². The fourth-order valence-electron chi connectivity index (χ4n) is 2.87. The van der Waals surface area contributed by atoms with E-state index in [1.54, 1.807) is 12.3 Å². The molecule has 1 aliphatic heterocycles. The Bertz CT molecular complexity index is 932. The van der Waals surface area contributed by atoms with Crippen molar-refractivity contribution in [3.05, 3.63) is 47.8 Å². The molecule has 0 saturated carbocycles. The van der Waals surface area contributed by atoms with Gasteiger partial charge in [0.05, 0.1) is 30.5 Å². The molecule has 2 aromatic heterocycles. The number of ether oxygens (including phenoxy) is 1. The molecule has 3 aromatic rings. The molecule has 8 nitrogen and oxygen atoms in total. The molecule has 0 aliphatic carbocycles. The summed E-state index contributed by atoms with van der Waals surface area (Å²) >= 11 is 0. The number of morpholine rings is 1. The number of rotatable bonds is 4. The van der Waals surface area contributed by atoms with Crippen LogP contribution < -0.4 is 10.7 Å². The van der Waals surface area contributed by atoms with Gasteiger partial charge in [-0.05, 0) is 37.3 Å². The summed E-state index contributed by atoms with van der Waals surface area (Å²) in [5.41, 5.74) is 6.00. The van der Waals surface area contributed by atoms with Crippen LogP contribution in [0.3, 0.4) is 0 Å². The van der Waals surface area contributed by atoms with Crippen molar-refractivity contribution in [2.45, 2.75) is 6.92 Å². The number of hydrogen-bond donors (Lipinski definition) is 3. The van der Waals surface area contributed by atoms with Gasteiger partial charge in [0.25, 0.3) is 5.91 Å². The largest absolute Gasteiger partial charge is 0.379 e. The van der Waals surface area contributed by atoms with Crippen molar-refractivity contribution in [2.24, 2.45) is 0 Å². The number of H-pyrrole nitrogens is 1. The molecule has 4 rings (SSSR count). The molecule has 3 N–H and O–H groups in total. The Balaban J connectivity index is 1.58. The molecule has 0 atom stereocenters. The van der Waals surface area contributed by atoms with Crippen LogP contribution in [0.15, 0.2) is 36.5 Å². The van der Waals surface area contributed by atoms with Gasteiger partial charge in [-0.25, -0.2) is 9.99 Å². The second-order valence-corrected chi connectivity index (χ2v) is 6.19. The van der Waals surface area contributed by atoms with Gasteiger partial charge in [0.2, 0.25) is 0 Å². The van der Waals surface area contributed by atoms with E-state index in [4.69, 9.17) is 4.74 Å². The van der Waals surface area contributed by atoms with E-state index >= 15 is 0 Å². The van der Waals surface area contributed by atoms with Crippen LogP contribution in [0.5, 0.6) is 0 Å². The van der Waals surface area contributed by atoms with Gasteiger partial charge in [-0.1, -0.05) is 0 Å². The normalized spacial score (nSPS) is 15.1. The molecule has 1 saturated heterocycles. The molecule has 3 heterocycles. The SMILES string of the molecule is Cc1ccc(C(=O)NN2CCOCC2)c(Nc2ccc3cn[nH]c3c2)n1. The second kappa shape index (κ2) is 7.11. The number of hydrazine groups is 1. The lowest BCUT2D eigenvalue weighted by molar-refractivity contribution is 0.0126. The fourth-order valence-corrected chi connectivity index (χ4v) is 2.87. The number of nitrogens with zero attached hydrogens (tertiary/aromatic N) is 3. The van der Waals surface area contributed by atoms with Crippen molar-refractivity contribution >= 4 is 28.3 Å². The summed E-state index contributed by atoms with van der Waals surface area (Å²) in [6.45, 7) is 4.46. The Kier molecular flexibility index (Phi) is 4.51. The molecule has 1 amide bonds. The molecule has 0 radical (unpaired) electrons. The standard InChI is InChI=1S/C18H20N6O2/c1-12-2-5-15(18(25)23-24-6-8-26-9-7-24)17(20-12)21-14-4-3-13-11-19-22-16(13)10-14/h2-5,10-11H,6-9H2,1H3,(H,19,22)(H,20,21)(H,23,25). The summed E-state index contributed by atoms with van der Waals surface area (Å²) in [6.07, 6.45) is 1.77. The van der Waals surface area contributed by atoms with Crippen LogP contribution in [-0.4, -0.2) is 52.4 Å². The number of benzene rings is 1. The average Bonchev–Trinajstić information content (AvgIpc) is 3.10. The van der Waals surface area contributed by atoms with Crippen LogP contribution in [0.4, 0.5) is 11.5 Å². The number of carbonyl (C=O) groups is 1. The first-order valence-corrected chi connectivity index (χ1v) is 8.50. The first-order chi connectivity index (χ1) is 12.7. The van der Waals surface area contributed by atoms with Crippen molar-refractivity contribution in [3.63, 3.8) is 0 Å². The number of aromatic nitrogens is 3. The molecule has 8 heteroatoms. The Morgan fingerprint density at radius 1 is 1.23 bits per heavy atom. The van der Waals surface area contributed by atoms with E-state index in [0.29, 0.717) is 37.7 Å². The minimum Gasteiger partial charge on any atom is -0.379 e. The number of aromatic amines is 1. The van der Waals surface area contributed by atoms with Crippen molar-refractivity contribution < 1.29 is 9.53 Å². The molecule has 1 fully saturated rings. The van der Waals surface area contributed by atoms with Crippen molar-refractivity contribution in [1.82, 2.24) is 25.6 Å². The maximum absolute atomic E-state index is 12.7. The zero-order valence-electron chi connectivity index (χ0n) is 14.5. The Hall–Kier alpha value is -2.97. The van der Waals surface area contributed by atoms with Crippen molar-refractivity contribution in [3.8, 4) is 0 Å². The lowest BCUT2D eigenvalue weighted by Gasteiger charge is -2.27. The van der Waals surface area contributed by atoms with E-state index in [-0.39, 0.29) is 5.91 Å². The van der Waals surface area contributed by atoms with Gasteiger partial charge in [-0.3, -0.25) is 15.3 Å². The van der Waals surface area contributed by atoms with Gasteiger partial charge in [-0.2, -0.15) is 5.10 Å². The van der Waals surface area contributed by atoms with E-state index in [1.807, 2.05) is 36.2 Å². The Morgan fingerprint density at radius 2 is 2.08 bits per heavy atom. The highest BCUT2D eigenvalue weighted by molar-refractivity contribution is 5.99. The summed E-state index contributed by atoms with van der Waals surface area (Å²) in [4.78, 5) is 17.2. The van der Waals surface area contributed by atoms with E-state index in [0.717, 1.165) is 22.3 Å². The van der Waals surface area contributed by atoms with E-state index < -0.39 is 0 Å². The first kappa shape index (κ1) is 16.5. The number of aryl methyl sites for hydroxylation is 1. The maximum Gasteiger partial charge on any atom is 0.269 e. The van der Waals surface area contributed by atoms with Gasteiger partial charge in [0.15, 0.2) is 0 Å². The number of hydrogen-bond acceptors (Lipinski definition) is 6. The Labute approximate surface area is 150 Å². The monoisotopic (exact) mass is 352 g/mol. The molecule has 0 bridgehead atoms. The zero-order valence-corrected chi connectivity index (χ0v) is 14.5. The predicted octanol–water partition coefficient (Wildman–Crippen LogP) is 1.99. The fraction of sp³-hybridized carbons (Fsp3) is 0.278.